The highest BCUT2D eigenvalue weighted by molar-refractivity contribution is 5.88. The van der Waals surface area contributed by atoms with Gasteiger partial charge in [-0.1, -0.05) is 82.6 Å². The number of hydrogen-bond acceptors (Lipinski definition) is 8. The van der Waals surface area contributed by atoms with Crippen LogP contribution in [0.4, 0.5) is 22.8 Å². The fourth-order valence-electron chi connectivity index (χ4n) is 6.86. The van der Waals surface area contributed by atoms with Gasteiger partial charge in [-0.05, 0) is 60.1 Å². The zero-order valence-corrected chi connectivity index (χ0v) is 34.0. The first-order chi connectivity index (χ1) is 27.4. The van der Waals surface area contributed by atoms with Gasteiger partial charge in [0.1, 0.15) is 6.04 Å². The summed E-state index contributed by atoms with van der Waals surface area (Å²) in [5.74, 6) is -1.17. The first-order valence-corrected chi connectivity index (χ1v) is 19.4. The third-order valence-electron chi connectivity index (χ3n) is 10.2. The number of nitrogens with one attached hydrogen (secondary N) is 3. The monoisotopic (exact) mass is 811 g/mol. The van der Waals surface area contributed by atoms with Gasteiger partial charge in [0.2, 0.25) is 11.8 Å². The molecule has 4 rings (SSSR count). The van der Waals surface area contributed by atoms with Gasteiger partial charge in [0, 0.05) is 44.8 Å². The smallest absolute Gasteiger partial charge is 0.416 e. The summed E-state index contributed by atoms with van der Waals surface area (Å²) in [6.07, 6.45) is -5.81. The molecule has 0 radical (unpaired) electrons. The number of carbonyl (C=O) groups is 4. The lowest BCUT2D eigenvalue weighted by Gasteiger charge is -2.35. The molecule has 2 heterocycles. The van der Waals surface area contributed by atoms with Crippen LogP contribution < -0.4 is 16.1 Å². The number of benzene rings is 2. The van der Waals surface area contributed by atoms with E-state index in [4.69, 9.17) is 0 Å². The third kappa shape index (κ3) is 13.4. The number of ether oxygens (including phenoxy) is 1. The Kier molecular flexibility index (Phi) is 16.0. The van der Waals surface area contributed by atoms with Crippen molar-refractivity contribution in [2.24, 2.45) is 11.3 Å². The Labute approximate surface area is 338 Å². The van der Waals surface area contributed by atoms with Crippen LogP contribution in [-0.2, 0) is 40.0 Å². The number of rotatable bonds is 19. The molecule has 4 unspecified atom stereocenters. The van der Waals surface area contributed by atoms with Gasteiger partial charge in [-0.25, -0.2) is 14.6 Å². The van der Waals surface area contributed by atoms with E-state index in [1.165, 1.54) is 24.3 Å². The molecule has 1 aliphatic rings. The van der Waals surface area contributed by atoms with Crippen molar-refractivity contribution in [1.29, 1.82) is 0 Å². The van der Waals surface area contributed by atoms with Crippen molar-refractivity contribution in [2.75, 3.05) is 33.3 Å². The van der Waals surface area contributed by atoms with Crippen LogP contribution in [0.5, 0.6) is 0 Å². The SMILES string of the molecule is CCC(C)C(C(=O)NC(Cc1ccccc1)C(O)CN(Cc1ccc(C(F)(F)F)cc1)NC(=O)CC(C)(C)CNC(=O)OC)N1CCN(Cc2cccc(C)n2)C1=O. The molecule has 0 saturated carbocycles. The lowest BCUT2D eigenvalue weighted by atomic mass is 9.89. The van der Waals surface area contributed by atoms with Crippen LogP contribution in [0.2, 0.25) is 0 Å². The topological polar surface area (TPSA) is 156 Å². The molecule has 0 bridgehead atoms. The second-order valence-corrected chi connectivity index (χ2v) is 15.7. The summed E-state index contributed by atoms with van der Waals surface area (Å²) in [6.45, 7) is 10.0. The van der Waals surface area contributed by atoms with Crippen molar-refractivity contribution in [3.05, 3.63) is 101 Å². The number of alkyl carbamates (subject to hydrolysis) is 1. The van der Waals surface area contributed by atoms with E-state index in [2.05, 4.69) is 25.8 Å². The fraction of sp³-hybridized carbons (Fsp3) is 0.500. The molecule has 16 heteroatoms. The molecule has 1 saturated heterocycles. The van der Waals surface area contributed by atoms with E-state index in [1.54, 1.807) is 23.6 Å². The van der Waals surface area contributed by atoms with Crippen molar-refractivity contribution in [1.82, 2.24) is 35.9 Å². The molecule has 13 nitrogen and oxygen atoms in total. The molecule has 316 valence electrons. The molecular formula is C42H56F3N7O6. The van der Waals surface area contributed by atoms with Gasteiger partial charge in [0.25, 0.3) is 0 Å². The van der Waals surface area contributed by atoms with Crippen molar-refractivity contribution in [3.63, 3.8) is 0 Å². The fourth-order valence-corrected chi connectivity index (χ4v) is 6.86. The first kappa shape index (κ1) is 45.5. The van der Waals surface area contributed by atoms with Crippen LogP contribution in [0, 0.1) is 18.3 Å². The Balaban J connectivity index is 1.58. The van der Waals surface area contributed by atoms with Crippen LogP contribution in [-0.4, -0.2) is 100 Å². The molecule has 2 aromatic carbocycles. The summed E-state index contributed by atoms with van der Waals surface area (Å²) in [5, 5.41) is 19.0. The number of halogens is 3. The molecular weight excluding hydrogens is 755 g/mol. The molecule has 5 amide bonds. The van der Waals surface area contributed by atoms with Gasteiger partial charge in [-0.15, -0.1) is 0 Å². The minimum Gasteiger partial charge on any atom is -0.453 e. The van der Waals surface area contributed by atoms with E-state index < -0.39 is 53.2 Å². The number of alkyl halides is 3. The van der Waals surface area contributed by atoms with Crippen molar-refractivity contribution >= 4 is 23.9 Å². The standard InChI is InChI=1S/C42H56F3N7O6/c1-7-28(2)37(52-21-20-50(40(52)57)25-33-15-11-12-29(3)47-33)38(55)48-34(22-30-13-9-8-10-14-30)35(53)26-51(24-31-16-18-32(19-17-31)42(43,44)45)49-36(54)23-41(4,5)27-46-39(56)58-6/h8-19,28,34-35,37,53H,7,20-27H2,1-6H3,(H,46,56)(H,48,55)(H,49,54). The lowest BCUT2D eigenvalue weighted by Crippen LogP contribution is -2.58. The number of aliphatic hydroxyl groups excluding tert-OH is 1. The number of hydrogen-bond donors (Lipinski definition) is 4. The van der Waals surface area contributed by atoms with Gasteiger partial charge in [-0.3, -0.25) is 20.0 Å². The van der Waals surface area contributed by atoms with Gasteiger partial charge < -0.3 is 30.3 Å². The van der Waals surface area contributed by atoms with Crippen LogP contribution in [0.15, 0.2) is 72.8 Å². The number of nitrogens with zero attached hydrogens (tertiary/aromatic N) is 4. The molecule has 3 aromatic rings. The van der Waals surface area contributed by atoms with Crippen LogP contribution in [0.3, 0.4) is 0 Å². The molecule has 1 fully saturated rings. The van der Waals surface area contributed by atoms with Crippen molar-refractivity contribution < 1.29 is 42.2 Å². The van der Waals surface area contributed by atoms with Gasteiger partial charge in [0.15, 0.2) is 0 Å². The van der Waals surface area contributed by atoms with Crippen molar-refractivity contribution in [3.8, 4) is 0 Å². The van der Waals surface area contributed by atoms with E-state index in [1.807, 2.05) is 69.3 Å². The van der Waals surface area contributed by atoms with E-state index in [9.17, 15) is 37.5 Å². The number of aryl methyl sites for hydroxylation is 1. The molecule has 4 atom stereocenters. The molecule has 4 N–H and O–H groups in total. The maximum Gasteiger partial charge on any atom is 0.416 e. The number of aliphatic hydroxyl groups is 1. The zero-order valence-electron chi connectivity index (χ0n) is 34.0. The van der Waals surface area contributed by atoms with Gasteiger partial charge >= 0.3 is 18.3 Å². The van der Waals surface area contributed by atoms with Gasteiger partial charge in [-0.2, -0.15) is 13.2 Å². The molecule has 58 heavy (non-hydrogen) atoms. The highest BCUT2D eigenvalue weighted by atomic mass is 19.4. The average molecular weight is 812 g/mol. The maximum atomic E-state index is 14.4. The van der Waals surface area contributed by atoms with E-state index in [0.717, 1.165) is 29.1 Å². The van der Waals surface area contributed by atoms with Crippen LogP contribution in [0.25, 0.3) is 0 Å². The highest BCUT2D eigenvalue weighted by Gasteiger charge is 2.41. The Morgan fingerprint density at radius 1 is 0.983 bits per heavy atom. The van der Waals surface area contributed by atoms with E-state index in [0.29, 0.717) is 31.6 Å². The average Bonchev–Trinajstić information content (AvgIpc) is 3.51. The number of amides is 5. The van der Waals surface area contributed by atoms with E-state index in [-0.39, 0.29) is 44.4 Å². The number of pyridine rings is 1. The largest absolute Gasteiger partial charge is 0.453 e. The number of methoxy groups -OCH3 is 1. The zero-order chi connectivity index (χ0) is 42.6. The third-order valence-corrected chi connectivity index (χ3v) is 10.2. The summed E-state index contributed by atoms with van der Waals surface area (Å²) >= 11 is 0. The Morgan fingerprint density at radius 2 is 1.67 bits per heavy atom. The summed E-state index contributed by atoms with van der Waals surface area (Å²) in [4.78, 5) is 61.1. The predicted octanol–water partition coefficient (Wildman–Crippen LogP) is 5.46. The Morgan fingerprint density at radius 3 is 2.29 bits per heavy atom. The summed E-state index contributed by atoms with van der Waals surface area (Å²) < 4.78 is 44.7. The Bertz CT molecular complexity index is 1830. The predicted molar refractivity (Wildman–Crippen MR) is 212 cm³/mol. The second kappa shape index (κ2) is 20.5. The van der Waals surface area contributed by atoms with Crippen LogP contribution >= 0.6 is 0 Å². The molecule has 1 aliphatic heterocycles. The molecule has 1 aromatic heterocycles. The Hall–Kier alpha value is -5.22. The maximum absolute atomic E-state index is 14.4. The first-order valence-electron chi connectivity index (χ1n) is 19.4. The molecule has 0 spiro atoms. The van der Waals surface area contributed by atoms with E-state index >= 15 is 0 Å². The summed E-state index contributed by atoms with van der Waals surface area (Å²) in [5.41, 5.74) is 4.02. The number of hydrazine groups is 1. The number of urea groups is 1. The number of carbonyl (C=O) groups excluding carboxylic acids is 4. The minimum absolute atomic E-state index is 0.0712. The summed E-state index contributed by atoms with van der Waals surface area (Å²) in [7, 11) is 1.22. The minimum atomic E-state index is -4.54. The highest BCUT2D eigenvalue weighted by Crippen LogP contribution is 2.29. The lowest BCUT2D eigenvalue weighted by molar-refractivity contribution is -0.137. The number of aromatic nitrogens is 1. The second-order valence-electron chi connectivity index (χ2n) is 15.7. The van der Waals surface area contributed by atoms with Crippen LogP contribution in [0.1, 0.15) is 68.6 Å². The summed E-state index contributed by atoms with van der Waals surface area (Å²) in [6, 6.07) is 17.2. The molecule has 0 aliphatic carbocycles. The van der Waals surface area contributed by atoms with Crippen molar-refractivity contribution in [2.45, 2.75) is 91.3 Å². The normalized spacial score (nSPS) is 15.5. The van der Waals surface area contributed by atoms with Gasteiger partial charge in [0.05, 0.1) is 37.1 Å². The quantitative estimate of drug-likeness (QED) is 0.117.